The monoisotopic (exact) mass is 957 g/mol. The zero-order chi connectivity index (χ0) is 51.9. The maximum atomic E-state index is 13.9. The van der Waals surface area contributed by atoms with Gasteiger partial charge in [0.1, 0.15) is 42.3 Å². The van der Waals surface area contributed by atoms with E-state index in [1.807, 2.05) is 20.8 Å². The molecule has 0 aliphatic rings. The molecule has 0 spiro atoms. The van der Waals surface area contributed by atoms with Crippen molar-refractivity contribution >= 4 is 65.2 Å². The molecule has 0 saturated heterocycles. The van der Waals surface area contributed by atoms with Crippen LogP contribution in [0.4, 0.5) is 0 Å². The van der Waals surface area contributed by atoms with E-state index in [9.17, 15) is 63.3 Å². The van der Waals surface area contributed by atoms with Gasteiger partial charge < -0.3 is 75.1 Å². The van der Waals surface area contributed by atoms with Crippen molar-refractivity contribution in [3.63, 3.8) is 0 Å². The molecule has 25 heteroatoms. The van der Waals surface area contributed by atoms with Gasteiger partial charge in [-0.1, -0.05) is 68.2 Å². The maximum absolute atomic E-state index is 13.9. The molecule has 67 heavy (non-hydrogen) atoms. The average molecular weight is 957 g/mol. The van der Waals surface area contributed by atoms with Crippen molar-refractivity contribution < 1.29 is 63.3 Å². The molecule has 0 radical (unpaired) electrons. The van der Waals surface area contributed by atoms with Crippen molar-refractivity contribution in [1.29, 1.82) is 0 Å². The second kappa shape index (κ2) is 30.2. The summed E-state index contributed by atoms with van der Waals surface area (Å²) in [5, 5.41) is 48.9. The van der Waals surface area contributed by atoms with E-state index in [2.05, 4.69) is 47.5 Å². The number of aliphatic hydroxyl groups excluding tert-OH is 1. The van der Waals surface area contributed by atoms with Crippen LogP contribution >= 0.6 is 0 Å². The molecule has 11 atom stereocenters. The Morgan fingerprint density at radius 2 is 1.10 bits per heavy atom. The van der Waals surface area contributed by atoms with Gasteiger partial charge in [-0.25, -0.2) is 4.79 Å². The Morgan fingerprint density at radius 1 is 0.582 bits per heavy atom. The molecule has 0 aromatic carbocycles. The number of carbonyl (C=O) groups is 10. The molecular formula is C42H76N12O13. The van der Waals surface area contributed by atoms with Gasteiger partial charge in [0.2, 0.25) is 47.3 Å². The number of rotatable bonds is 31. The molecule has 0 aromatic heterocycles. The predicted octanol–water partition coefficient (Wildman–Crippen LogP) is -3.37. The third kappa shape index (κ3) is 22.8. The smallest absolute Gasteiger partial charge is 0.326 e. The number of carboxylic acid groups (broad SMARTS) is 2. The molecule has 0 aliphatic heterocycles. The normalized spacial score (nSPS) is 16.1. The molecule has 382 valence electrons. The van der Waals surface area contributed by atoms with E-state index in [1.165, 1.54) is 6.92 Å². The summed E-state index contributed by atoms with van der Waals surface area (Å²) in [5.74, 6) is -11.6. The van der Waals surface area contributed by atoms with Crippen molar-refractivity contribution in [2.24, 2.45) is 45.9 Å². The number of aliphatic carboxylic acids is 2. The largest absolute Gasteiger partial charge is 0.481 e. The average Bonchev–Trinajstić information content (AvgIpc) is 3.23. The molecule has 0 saturated carbocycles. The van der Waals surface area contributed by atoms with Crippen LogP contribution in [0.15, 0.2) is 4.99 Å². The van der Waals surface area contributed by atoms with Crippen LogP contribution in [0.5, 0.6) is 0 Å². The first-order valence-corrected chi connectivity index (χ1v) is 22.4. The number of amides is 8. The van der Waals surface area contributed by atoms with Crippen LogP contribution in [-0.4, -0.2) is 148 Å². The lowest BCUT2D eigenvalue weighted by Crippen LogP contribution is -2.63. The molecule has 17 N–H and O–H groups in total. The fourth-order valence-corrected chi connectivity index (χ4v) is 6.21. The third-order valence-electron chi connectivity index (χ3n) is 10.8. The number of carboxylic acids is 2. The lowest BCUT2D eigenvalue weighted by atomic mass is 9.95. The number of nitrogens with zero attached hydrogens (tertiary/aromatic N) is 1. The first-order valence-electron chi connectivity index (χ1n) is 22.4. The summed E-state index contributed by atoms with van der Waals surface area (Å²) in [5.41, 5.74) is 16.5. The van der Waals surface area contributed by atoms with Crippen molar-refractivity contribution in [3.8, 4) is 0 Å². The summed E-state index contributed by atoms with van der Waals surface area (Å²) in [4.78, 5) is 133. The highest BCUT2D eigenvalue weighted by Crippen LogP contribution is 2.13. The molecule has 0 unspecified atom stereocenters. The summed E-state index contributed by atoms with van der Waals surface area (Å²) in [6, 6.07) is -10.8. The van der Waals surface area contributed by atoms with Gasteiger partial charge in [0.25, 0.3) is 0 Å². The standard InChI is InChI=1S/C42H76N12O13/c1-11-21(7)30(43)37(62)48-23(9)34(59)50-26(16-19(3)4)36(61)52-31(20(5)6)38(63)53-32(22(8)12-2)39(64)54-33(24(10)55)40(65)51-27(17-29(57)58)35(60)47-18-28(56)49-25(41(66)67)14-13-15-46-42(44)45/h19-27,30-33,55H,11-18,43H2,1-10H3,(H,47,60)(H,48,62)(H,49,56)(H,50,59)(H,51,65)(H,52,61)(H,53,63)(H,54,64)(H,57,58)(H,66,67)(H4,44,45,46)/t21-,22-,23-,24+,25-,26-,27-,30-,31-,32-,33-/m0/s1. The van der Waals surface area contributed by atoms with Gasteiger partial charge in [-0.15, -0.1) is 0 Å². The highest BCUT2D eigenvalue weighted by atomic mass is 16.4. The number of carbonyl (C=O) groups excluding carboxylic acids is 8. The highest BCUT2D eigenvalue weighted by molar-refractivity contribution is 5.98. The molecular weight excluding hydrogens is 881 g/mol. The number of aliphatic hydroxyl groups is 1. The van der Waals surface area contributed by atoms with Crippen molar-refractivity contribution in [3.05, 3.63) is 0 Å². The Kier molecular flexibility index (Phi) is 27.5. The summed E-state index contributed by atoms with van der Waals surface area (Å²) >= 11 is 0. The van der Waals surface area contributed by atoms with E-state index < -0.39 is 138 Å². The Hall–Kier alpha value is -6.11. The van der Waals surface area contributed by atoms with Crippen molar-refractivity contribution in [2.45, 2.75) is 162 Å². The second-order valence-corrected chi connectivity index (χ2v) is 17.4. The molecule has 8 amide bonds. The zero-order valence-electron chi connectivity index (χ0n) is 40.3. The molecule has 0 heterocycles. The number of hydrogen-bond acceptors (Lipinski definition) is 13. The molecule has 0 fully saturated rings. The SMILES string of the molecule is CC[C@H](C)[C@H](N)C(=O)N[C@@H](C)C(=O)N[C@@H](CC(C)C)C(=O)N[C@H](C(=O)N[C@H](C(=O)N[C@H](C(=O)N[C@@H](CC(=O)O)C(=O)NCC(=O)N[C@@H](CCCN=C(N)N)C(=O)O)[C@@H](C)O)[C@@H](C)CC)C(C)C. The lowest BCUT2D eigenvalue weighted by molar-refractivity contribution is -0.143. The van der Waals surface area contributed by atoms with E-state index in [0.29, 0.717) is 12.8 Å². The third-order valence-corrected chi connectivity index (χ3v) is 10.8. The van der Waals surface area contributed by atoms with E-state index in [-0.39, 0.29) is 43.6 Å². The number of nitrogens with two attached hydrogens (primary N) is 3. The summed E-state index contributed by atoms with van der Waals surface area (Å²) in [6.45, 7) is 15.7. The Bertz CT molecular complexity index is 1740. The maximum Gasteiger partial charge on any atom is 0.326 e. The van der Waals surface area contributed by atoms with Crippen LogP contribution in [0.2, 0.25) is 0 Å². The first kappa shape index (κ1) is 60.9. The molecule has 0 aromatic rings. The van der Waals surface area contributed by atoms with Gasteiger partial charge in [0, 0.05) is 6.54 Å². The Labute approximate surface area is 391 Å². The van der Waals surface area contributed by atoms with Gasteiger partial charge in [-0.05, 0) is 56.8 Å². The molecule has 25 nitrogen and oxygen atoms in total. The number of nitrogens with one attached hydrogen (secondary N) is 8. The van der Waals surface area contributed by atoms with Crippen LogP contribution in [0.3, 0.4) is 0 Å². The molecule has 0 rings (SSSR count). The van der Waals surface area contributed by atoms with Crippen LogP contribution in [-0.2, 0) is 47.9 Å². The van der Waals surface area contributed by atoms with E-state index in [1.54, 1.807) is 34.6 Å². The van der Waals surface area contributed by atoms with Gasteiger partial charge in [-0.2, -0.15) is 0 Å². The second-order valence-electron chi connectivity index (χ2n) is 17.4. The fraction of sp³-hybridized carbons (Fsp3) is 0.738. The summed E-state index contributed by atoms with van der Waals surface area (Å²) in [6.07, 6.45) is -1.47. The van der Waals surface area contributed by atoms with Crippen LogP contribution in [0.25, 0.3) is 0 Å². The van der Waals surface area contributed by atoms with Crippen LogP contribution in [0, 0.1) is 23.7 Å². The number of aliphatic imine (C=N–C) groups is 1. The van der Waals surface area contributed by atoms with E-state index in [0.717, 1.165) is 6.92 Å². The Balaban J connectivity index is 6.12. The minimum Gasteiger partial charge on any atom is -0.481 e. The first-order chi connectivity index (χ1) is 31.1. The fourth-order valence-electron chi connectivity index (χ4n) is 6.21. The van der Waals surface area contributed by atoms with E-state index in [4.69, 9.17) is 17.2 Å². The number of guanidine groups is 1. The highest BCUT2D eigenvalue weighted by Gasteiger charge is 2.37. The summed E-state index contributed by atoms with van der Waals surface area (Å²) < 4.78 is 0. The minimum absolute atomic E-state index is 0.0782. The van der Waals surface area contributed by atoms with Crippen LogP contribution < -0.4 is 59.7 Å². The van der Waals surface area contributed by atoms with E-state index >= 15 is 0 Å². The topological polar surface area (TPSA) is 418 Å². The molecule has 0 bridgehead atoms. The van der Waals surface area contributed by atoms with Crippen molar-refractivity contribution in [1.82, 2.24) is 42.5 Å². The van der Waals surface area contributed by atoms with Crippen molar-refractivity contribution in [2.75, 3.05) is 13.1 Å². The minimum atomic E-state index is -1.86. The van der Waals surface area contributed by atoms with Crippen LogP contribution in [0.1, 0.15) is 108 Å². The van der Waals surface area contributed by atoms with Gasteiger partial charge in [0.05, 0.1) is 25.1 Å². The predicted molar refractivity (Wildman–Crippen MR) is 245 cm³/mol. The Morgan fingerprint density at radius 3 is 1.60 bits per heavy atom. The molecule has 0 aliphatic carbocycles. The lowest BCUT2D eigenvalue weighted by Gasteiger charge is -2.31. The van der Waals surface area contributed by atoms with Gasteiger partial charge in [0.15, 0.2) is 5.96 Å². The summed E-state index contributed by atoms with van der Waals surface area (Å²) in [7, 11) is 0. The quantitative estimate of drug-likeness (QED) is 0.0183. The zero-order valence-corrected chi connectivity index (χ0v) is 40.3. The van der Waals surface area contributed by atoms with Gasteiger partial charge in [-0.3, -0.25) is 48.1 Å². The van der Waals surface area contributed by atoms with Gasteiger partial charge >= 0.3 is 11.9 Å². The number of hydrogen-bond donors (Lipinski definition) is 14.